The predicted octanol–water partition coefficient (Wildman–Crippen LogP) is 5.41. The lowest BCUT2D eigenvalue weighted by Gasteiger charge is -2.32. The van der Waals surface area contributed by atoms with Gasteiger partial charge in [-0.1, -0.05) is 13.0 Å². The number of pyridine rings is 1. The van der Waals surface area contributed by atoms with Crippen molar-refractivity contribution in [2.24, 2.45) is 0 Å². The number of hydrogen-bond acceptors (Lipinski definition) is 9. The maximum Gasteiger partial charge on any atom is 0.326 e. The minimum atomic E-state index is -1.13. The second-order valence-corrected chi connectivity index (χ2v) is 12.5. The Hall–Kier alpha value is -4.39. The largest absolute Gasteiger partial charge is 0.508 e. The molecule has 3 aliphatic rings. The Morgan fingerprint density at radius 3 is 2.78 bits per heavy atom. The first-order valence-electron chi connectivity index (χ1n) is 15.5. The number of rotatable bonds is 7. The number of nitrogens with zero attached hydrogens (tertiary/aromatic N) is 5. The third-order valence-electron chi connectivity index (χ3n) is 9.66. The summed E-state index contributed by atoms with van der Waals surface area (Å²) >= 11 is 0. The maximum absolute atomic E-state index is 16.9. The molecule has 2 fully saturated rings. The van der Waals surface area contributed by atoms with Crippen LogP contribution >= 0.6 is 0 Å². The summed E-state index contributed by atoms with van der Waals surface area (Å²) in [5.74, 6) is -2.65. The van der Waals surface area contributed by atoms with Crippen LogP contribution in [0, 0.1) is 11.6 Å². The summed E-state index contributed by atoms with van der Waals surface area (Å²) in [4.78, 5) is 29.4. The average molecular weight is 638 g/mol. The molecule has 10 nitrogen and oxygen atoms in total. The molecule has 0 bridgehead atoms. The standard InChI is InChI=1S/C33H34F3N5O5/c1-4-21-23(35)7-6-18-10-20(42)11-22(24(18)21)27-26(36)28-25-29(41(17(3)31(43)44)16(2)14-45-30(25)37-27)39-32(38-28)46-15-33-8-5-9-40(33)13-19(34)12-33/h6-7,10-11,16-17,19,42H,4-5,8-9,12-15H2,1-3H3,(H,43,44)/t16-,17+,19+,33-/m0/s1. The van der Waals surface area contributed by atoms with Crippen LogP contribution in [0.25, 0.3) is 32.9 Å². The molecule has 2 N–H and O–H groups in total. The molecule has 0 amide bonds. The minimum absolute atomic E-state index is 0.0110. The molecule has 4 atom stereocenters. The smallest absolute Gasteiger partial charge is 0.326 e. The van der Waals surface area contributed by atoms with Crippen molar-refractivity contribution in [2.45, 2.75) is 70.2 Å². The second kappa shape index (κ2) is 11.1. The number of fused-ring (bicyclic) bond motifs is 2. The van der Waals surface area contributed by atoms with E-state index in [2.05, 4.69) is 19.9 Å². The summed E-state index contributed by atoms with van der Waals surface area (Å²) in [5.41, 5.74) is -0.542. The van der Waals surface area contributed by atoms with Crippen molar-refractivity contribution in [3.8, 4) is 28.9 Å². The van der Waals surface area contributed by atoms with E-state index in [-0.39, 0.29) is 58.8 Å². The van der Waals surface area contributed by atoms with Crippen LogP contribution in [-0.2, 0) is 11.2 Å². The molecule has 2 aromatic heterocycles. The number of anilines is 1. The van der Waals surface area contributed by atoms with Crippen molar-refractivity contribution < 1.29 is 37.7 Å². The van der Waals surface area contributed by atoms with Crippen molar-refractivity contribution in [2.75, 3.05) is 31.2 Å². The molecule has 46 heavy (non-hydrogen) atoms. The number of aliphatic carboxylic acids is 1. The van der Waals surface area contributed by atoms with Crippen LogP contribution in [0.3, 0.4) is 0 Å². The highest BCUT2D eigenvalue weighted by Gasteiger charge is 2.49. The monoisotopic (exact) mass is 637 g/mol. The van der Waals surface area contributed by atoms with Crippen molar-refractivity contribution >= 4 is 33.5 Å². The summed E-state index contributed by atoms with van der Waals surface area (Å²) in [6, 6.07) is 3.77. The average Bonchev–Trinajstić information content (AvgIpc) is 3.50. The third kappa shape index (κ3) is 4.74. The highest BCUT2D eigenvalue weighted by Crippen LogP contribution is 2.45. The lowest BCUT2D eigenvalue weighted by molar-refractivity contribution is -0.138. The molecule has 2 aromatic carbocycles. The predicted molar refractivity (Wildman–Crippen MR) is 164 cm³/mol. The molecule has 4 aromatic rings. The number of ether oxygens (including phenoxy) is 2. The Balaban J connectivity index is 1.46. The van der Waals surface area contributed by atoms with Gasteiger partial charge in [0, 0.05) is 18.5 Å². The van der Waals surface area contributed by atoms with Crippen LogP contribution in [0.1, 0.15) is 45.6 Å². The first-order valence-corrected chi connectivity index (χ1v) is 15.5. The first kappa shape index (κ1) is 30.3. The van der Waals surface area contributed by atoms with Crippen molar-refractivity contribution in [3.05, 3.63) is 41.5 Å². The molecular weight excluding hydrogens is 603 g/mol. The molecule has 0 spiro atoms. The summed E-state index contributed by atoms with van der Waals surface area (Å²) < 4.78 is 58.6. The molecule has 3 aliphatic heterocycles. The van der Waals surface area contributed by atoms with E-state index < -0.39 is 41.4 Å². The number of carbonyl (C=O) groups is 1. The Morgan fingerprint density at radius 1 is 1.22 bits per heavy atom. The molecule has 0 aliphatic carbocycles. The number of halogens is 3. The summed E-state index contributed by atoms with van der Waals surface area (Å²) in [6.45, 7) is 6.15. The lowest BCUT2D eigenvalue weighted by atomic mass is 9.94. The Morgan fingerprint density at radius 2 is 2.02 bits per heavy atom. The van der Waals surface area contributed by atoms with E-state index in [0.29, 0.717) is 35.7 Å². The van der Waals surface area contributed by atoms with Gasteiger partial charge in [0.15, 0.2) is 11.6 Å². The van der Waals surface area contributed by atoms with Gasteiger partial charge in [-0.05, 0) is 74.2 Å². The summed E-state index contributed by atoms with van der Waals surface area (Å²) in [6.07, 6.45) is 1.23. The number of aromatic nitrogens is 3. The van der Waals surface area contributed by atoms with Gasteiger partial charge in [-0.2, -0.15) is 9.97 Å². The molecule has 2 saturated heterocycles. The van der Waals surface area contributed by atoms with Gasteiger partial charge in [0.25, 0.3) is 0 Å². The van der Waals surface area contributed by atoms with Crippen LogP contribution in [0.4, 0.5) is 19.0 Å². The quantitative estimate of drug-likeness (QED) is 0.272. The lowest BCUT2D eigenvalue weighted by Crippen LogP contribution is -2.47. The molecule has 5 heterocycles. The fourth-order valence-corrected chi connectivity index (χ4v) is 7.49. The zero-order valence-electron chi connectivity index (χ0n) is 25.7. The van der Waals surface area contributed by atoms with Crippen molar-refractivity contribution in [3.63, 3.8) is 0 Å². The van der Waals surface area contributed by atoms with Gasteiger partial charge in [-0.25, -0.2) is 22.9 Å². The van der Waals surface area contributed by atoms with E-state index in [1.165, 1.54) is 36.1 Å². The van der Waals surface area contributed by atoms with Crippen LogP contribution in [0.5, 0.6) is 17.6 Å². The zero-order valence-corrected chi connectivity index (χ0v) is 25.7. The minimum Gasteiger partial charge on any atom is -0.508 e. The number of aromatic hydroxyl groups is 1. The number of hydrogen-bond donors (Lipinski definition) is 2. The molecule has 242 valence electrons. The number of alkyl halides is 1. The number of phenols is 1. The number of aryl methyl sites for hydroxylation is 1. The normalized spacial score (nSPS) is 23.4. The van der Waals surface area contributed by atoms with E-state index in [9.17, 15) is 19.4 Å². The van der Waals surface area contributed by atoms with E-state index in [1.54, 1.807) is 13.8 Å². The van der Waals surface area contributed by atoms with Crippen molar-refractivity contribution in [1.29, 1.82) is 0 Å². The molecular formula is C33H34F3N5O5. The van der Waals surface area contributed by atoms with Gasteiger partial charge in [-0.3, -0.25) is 4.90 Å². The zero-order chi connectivity index (χ0) is 32.5. The number of carboxylic acids is 1. The van der Waals surface area contributed by atoms with Gasteiger partial charge >= 0.3 is 12.0 Å². The second-order valence-electron chi connectivity index (χ2n) is 12.5. The summed E-state index contributed by atoms with van der Waals surface area (Å²) in [5, 5.41) is 21.5. The van der Waals surface area contributed by atoms with Gasteiger partial charge in [0.2, 0.25) is 5.88 Å². The van der Waals surface area contributed by atoms with E-state index >= 15 is 8.78 Å². The first-order chi connectivity index (χ1) is 22.0. The SMILES string of the molecule is CCc1c(F)ccc2cc(O)cc(-c3nc4c5c(nc(OC[C@@]67CCCN6C[C@H](F)C7)nc5c3F)N([C@H](C)C(=O)O)[C@@H](C)CO4)c12. The summed E-state index contributed by atoms with van der Waals surface area (Å²) in [7, 11) is 0. The molecule has 0 unspecified atom stereocenters. The van der Waals surface area contributed by atoms with E-state index in [1.807, 2.05) is 0 Å². The van der Waals surface area contributed by atoms with E-state index in [0.717, 1.165) is 19.4 Å². The number of benzene rings is 2. The molecule has 0 saturated carbocycles. The van der Waals surface area contributed by atoms with Crippen LogP contribution < -0.4 is 14.4 Å². The van der Waals surface area contributed by atoms with Gasteiger partial charge in [-0.15, -0.1) is 0 Å². The fourth-order valence-electron chi connectivity index (χ4n) is 7.49. The highest BCUT2D eigenvalue weighted by atomic mass is 19.1. The molecule has 7 rings (SSSR count). The highest BCUT2D eigenvalue weighted by molar-refractivity contribution is 6.03. The van der Waals surface area contributed by atoms with Gasteiger partial charge in [0.1, 0.15) is 53.6 Å². The van der Waals surface area contributed by atoms with Crippen LogP contribution in [0.2, 0.25) is 0 Å². The van der Waals surface area contributed by atoms with E-state index in [4.69, 9.17) is 9.47 Å². The number of carboxylic acid groups (broad SMARTS) is 1. The van der Waals surface area contributed by atoms with Crippen molar-refractivity contribution in [1.82, 2.24) is 19.9 Å². The van der Waals surface area contributed by atoms with Crippen LogP contribution in [0.15, 0.2) is 24.3 Å². The maximum atomic E-state index is 16.9. The fraction of sp³-hybridized carbons (Fsp3) is 0.455. The van der Waals surface area contributed by atoms with Gasteiger partial charge < -0.3 is 24.6 Å². The number of phenolic OH excluding ortho intramolecular Hbond substituents is 1. The molecule has 13 heteroatoms. The Bertz CT molecular complexity index is 1890. The van der Waals surface area contributed by atoms with Gasteiger partial charge in [0.05, 0.1) is 11.6 Å². The van der Waals surface area contributed by atoms with Crippen LogP contribution in [-0.4, -0.2) is 86.1 Å². The third-order valence-corrected chi connectivity index (χ3v) is 9.66. The Kier molecular flexibility index (Phi) is 7.33. The topological polar surface area (TPSA) is 121 Å². The Labute approximate surface area is 262 Å². The molecule has 0 radical (unpaired) electrons.